The molecule has 154 valence electrons. The zero-order valence-electron chi connectivity index (χ0n) is 15.5. The van der Waals surface area contributed by atoms with E-state index in [0.717, 1.165) is 0 Å². The van der Waals surface area contributed by atoms with Gasteiger partial charge >= 0.3 is 0 Å². The van der Waals surface area contributed by atoms with Gasteiger partial charge in [0.2, 0.25) is 15.7 Å². The minimum Gasteiger partial charge on any atom is -0.326 e. The van der Waals surface area contributed by atoms with Crippen LogP contribution in [0.1, 0.15) is 12.6 Å². The van der Waals surface area contributed by atoms with Gasteiger partial charge in [-0.15, -0.1) is 10.2 Å². The molecule has 0 fully saturated rings. The van der Waals surface area contributed by atoms with Crippen molar-refractivity contribution in [3.05, 3.63) is 64.8 Å². The Labute approximate surface area is 181 Å². The number of rotatable bonds is 5. The van der Waals surface area contributed by atoms with Crippen LogP contribution in [0, 0.1) is 0 Å². The first-order valence-electron chi connectivity index (χ1n) is 8.56. The molecule has 0 unspecified atom stereocenters. The van der Waals surface area contributed by atoms with Crippen molar-refractivity contribution in [2.24, 2.45) is 0 Å². The van der Waals surface area contributed by atoms with Crippen molar-refractivity contribution < 1.29 is 13.2 Å². The standard InChI is InChI=1S/C18H14Cl2N6O3S/c1-11(27)22-13-3-2-4-15(6-13)26-10-21-24-18(26)30(28,29)9-14-8-25-7-12(19)5-16(20)17(25)23-14/h2-8,10H,9H2,1H3,(H,22,27). The normalized spacial score (nSPS) is 11.7. The molecule has 4 aromatic rings. The number of hydrogen-bond donors (Lipinski definition) is 1. The Morgan fingerprint density at radius 3 is 2.77 bits per heavy atom. The van der Waals surface area contributed by atoms with E-state index in [-0.39, 0.29) is 16.8 Å². The Kier molecular flexibility index (Phi) is 5.22. The number of halogens is 2. The predicted octanol–water partition coefficient (Wildman–Crippen LogP) is 3.15. The van der Waals surface area contributed by atoms with Gasteiger partial charge in [0.05, 0.1) is 21.4 Å². The highest BCUT2D eigenvalue weighted by atomic mass is 35.5. The Morgan fingerprint density at radius 2 is 2.00 bits per heavy atom. The Hall–Kier alpha value is -2.95. The summed E-state index contributed by atoms with van der Waals surface area (Å²) in [6, 6.07) is 8.21. The van der Waals surface area contributed by atoms with Crippen LogP contribution in [0.4, 0.5) is 5.69 Å². The van der Waals surface area contributed by atoms with Crippen molar-refractivity contribution in [3.63, 3.8) is 0 Å². The van der Waals surface area contributed by atoms with Crippen LogP contribution in [0.25, 0.3) is 11.3 Å². The summed E-state index contributed by atoms with van der Waals surface area (Å²) in [5.74, 6) is -0.651. The fraction of sp³-hybridized carbons (Fsp3) is 0.111. The highest BCUT2D eigenvalue weighted by Gasteiger charge is 2.25. The summed E-state index contributed by atoms with van der Waals surface area (Å²) in [6.07, 6.45) is 4.42. The van der Waals surface area contributed by atoms with E-state index in [4.69, 9.17) is 23.2 Å². The molecule has 12 heteroatoms. The van der Waals surface area contributed by atoms with E-state index in [1.807, 2.05) is 0 Å². The molecule has 1 N–H and O–H groups in total. The van der Waals surface area contributed by atoms with Gasteiger partial charge < -0.3 is 9.72 Å². The molecule has 0 aliphatic heterocycles. The number of carbonyl (C=O) groups excluding carboxylic acids is 1. The van der Waals surface area contributed by atoms with Crippen molar-refractivity contribution in [2.75, 3.05) is 5.32 Å². The second kappa shape index (κ2) is 7.71. The monoisotopic (exact) mass is 464 g/mol. The van der Waals surface area contributed by atoms with Gasteiger partial charge in [0.25, 0.3) is 5.16 Å². The van der Waals surface area contributed by atoms with Gasteiger partial charge in [-0.25, -0.2) is 13.4 Å². The van der Waals surface area contributed by atoms with Gasteiger partial charge in [-0.05, 0) is 24.3 Å². The molecule has 0 aliphatic carbocycles. The van der Waals surface area contributed by atoms with Crippen LogP contribution in [-0.4, -0.2) is 38.5 Å². The van der Waals surface area contributed by atoms with Crippen LogP contribution in [-0.2, 0) is 20.4 Å². The predicted molar refractivity (Wildman–Crippen MR) is 112 cm³/mol. The molecule has 0 aliphatic rings. The van der Waals surface area contributed by atoms with Gasteiger partial charge in [-0.3, -0.25) is 9.36 Å². The number of nitrogens with zero attached hydrogens (tertiary/aromatic N) is 5. The van der Waals surface area contributed by atoms with E-state index in [1.165, 1.54) is 23.9 Å². The Balaban J connectivity index is 1.69. The molecule has 0 spiro atoms. The second-order valence-electron chi connectivity index (χ2n) is 6.44. The smallest absolute Gasteiger partial charge is 0.254 e. The summed E-state index contributed by atoms with van der Waals surface area (Å²) in [5, 5.41) is 10.7. The lowest BCUT2D eigenvalue weighted by molar-refractivity contribution is -0.114. The molecule has 0 bridgehead atoms. The van der Waals surface area contributed by atoms with Crippen molar-refractivity contribution in [2.45, 2.75) is 17.8 Å². The zero-order chi connectivity index (χ0) is 21.5. The van der Waals surface area contributed by atoms with E-state index in [9.17, 15) is 13.2 Å². The van der Waals surface area contributed by atoms with Crippen LogP contribution in [0.15, 0.2) is 54.2 Å². The number of hydrogen-bond acceptors (Lipinski definition) is 6. The first-order valence-corrected chi connectivity index (χ1v) is 11.0. The molecule has 3 heterocycles. The van der Waals surface area contributed by atoms with E-state index in [2.05, 4.69) is 20.5 Å². The summed E-state index contributed by atoms with van der Waals surface area (Å²) in [5.41, 5.74) is 1.68. The molecule has 0 radical (unpaired) electrons. The number of amides is 1. The topological polar surface area (TPSA) is 111 Å². The van der Waals surface area contributed by atoms with Crippen LogP contribution in [0.5, 0.6) is 0 Å². The third-order valence-corrected chi connectivity index (χ3v) is 6.10. The molecule has 30 heavy (non-hydrogen) atoms. The molecule has 0 saturated carbocycles. The van der Waals surface area contributed by atoms with Crippen molar-refractivity contribution in [3.8, 4) is 5.69 Å². The van der Waals surface area contributed by atoms with Gasteiger partial charge in [-0.2, -0.15) is 0 Å². The van der Waals surface area contributed by atoms with Gasteiger partial charge in [0.1, 0.15) is 12.1 Å². The number of anilines is 1. The lowest BCUT2D eigenvalue weighted by atomic mass is 10.2. The molecule has 9 nitrogen and oxygen atoms in total. The number of fused-ring (bicyclic) bond motifs is 1. The van der Waals surface area contributed by atoms with Crippen LogP contribution < -0.4 is 5.32 Å². The zero-order valence-corrected chi connectivity index (χ0v) is 17.8. The molecular formula is C18H14Cl2N6O3S. The maximum Gasteiger partial charge on any atom is 0.254 e. The largest absolute Gasteiger partial charge is 0.326 e. The van der Waals surface area contributed by atoms with Crippen LogP contribution in [0.3, 0.4) is 0 Å². The molecule has 1 aromatic carbocycles. The first-order chi connectivity index (χ1) is 14.2. The van der Waals surface area contributed by atoms with Crippen molar-refractivity contribution >= 4 is 50.3 Å². The number of imidazole rings is 1. The van der Waals surface area contributed by atoms with Gasteiger partial charge in [-0.1, -0.05) is 29.3 Å². The van der Waals surface area contributed by atoms with Crippen LogP contribution in [0.2, 0.25) is 10.0 Å². The van der Waals surface area contributed by atoms with Gasteiger partial charge in [0.15, 0.2) is 5.65 Å². The number of carbonyl (C=O) groups is 1. The summed E-state index contributed by atoms with van der Waals surface area (Å²) in [7, 11) is -3.91. The highest BCUT2D eigenvalue weighted by molar-refractivity contribution is 7.90. The molecular weight excluding hydrogens is 451 g/mol. The second-order valence-corrected chi connectivity index (χ2v) is 9.17. The van der Waals surface area contributed by atoms with E-state index >= 15 is 0 Å². The molecule has 3 aromatic heterocycles. The van der Waals surface area contributed by atoms with E-state index < -0.39 is 15.6 Å². The maximum atomic E-state index is 13.0. The highest BCUT2D eigenvalue weighted by Crippen LogP contribution is 2.24. The lowest BCUT2D eigenvalue weighted by Gasteiger charge is -2.09. The summed E-state index contributed by atoms with van der Waals surface area (Å²) in [4.78, 5) is 15.6. The number of pyridine rings is 1. The molecule has 0 atom stereocenters. The first kappa shape index (κ1) is 20.3. The average Bonchev–Trinajstić information content (AvgIpc) is 3.28. The fourth-order valence-electron chi connectivity index (χ4n) is 2.95. The summed E-state index contributed by atoms with van der Waals surface area (Å²) >= 11 is 12.1. The SMILES string of the molecule is CC(=O)Nc1cccc(-n2cnnc2S(=O)(=O)Cc2cn3cc(Cl)cc(Cl)c3n2)c1. The third-order valence-electron chi connectivity index (χ3n) is 4.10. The Morgan fingerprint density at radius 1 is 1.20 bits per heavy atom. The molecule has 0 saturated heterocycles. The minimum absolute atomic E-state index is 0.241. The van der Waals surface area contributed by atoms with Crippen LogP contribution >= 0.6 is 23.2 Å². The van der Waals surface area contributed by atoms with E-state index in [0.29, 0.717) is 27.1 Å². The Bertz CT molecular complexity index is 1380. The number of sulfone groups is 1. The fourth-order valence-corrected chi connectivity index (χ4v) is 4.76. The van der Waals surface area contributed by atoms with Gasteiger partial charge in [0, 0.05) is 25.0 Å². The minimum atomic E-state index is -3.91. The average molecular weight is 465 g/mol. The van der Waals surface area contributed by atoms with Crippen molar-refractivity contribution in [1.82, 2.24) is 24.1 Å². The maximum absolute atomic E-state index is 13.0. The number of nitrogens with one attached hydrogen (secondary N) is 1. The van der Waals surface area contributed by atoms with Crippen molar-refractivity contribution in [1.29, 1.82) is 0 Å². The number of aromatic nitrogens is 5. The quantitative estimate of drug-likeness (QED) is 0.485. The third kappa shape index (κ3) is 4.02. The molecule has 4 rings (SSSR count). The number of benzene rings is 1. The summed E-state index contributed by atoms with van der Waals surface area (Å²) in [6.45, 7) is 1.38. The lowest BCUT2D eigenvalue weighted by Crippen LogP contribution is -2.12. The summed E-state index contributed by atoms with van der Waals surface area (Å²) < 4.78 is 29.0. The van der Waals surface area contributed by atoms with E-state index in [1.54, 1.807) is 41.1 Å². The molecule has 1 amide bonds.